The van der Waals surface area contributed by atoms with Crippen molar-refractivity contribution in [3.63, 3.8) is 0 Å². The van der Waals surface area contributed by atoms with Crippen LogP contribution in [0.1, 0.15) is 15.4 Å². The Balaban J connectivity index is 1.58. The standard InChI is InChI=1S/C17H14FN5O2S/c18-11-3-5-12(6-4-11)22-7-8-23-16(25)14(20-21-17(22)23)15(24)19-10-13-2-1-9-26-13/h1-6,9H,7-8,10H2,(H,19,24). The van der Waals surface area contributed by atoms with Crippen molar-refractivity contribution in [3.05, 3.63) is 68.5 Å². The minimum Gasteiger partial charge on any atom is -0.346 e. The third-order valence-electron chi connectivity index (χ3n) is 4.07. The number of hydrogen-bond donors (Lipinski definition) is 1. The first kappa shape index (κ1) is 16.4. The van der Waals surface area contributed by atoms with Gasteiger partial charge in [0.15, 0.2) is 0 Å². The lowest BCUT2D eigenvalue weighted by Gasteiger charge is -2.16. The van der Waals surface area contributed by atoms with E-state index in [1.54, 1.807) is 17.0 Å². The maximum atomic E-state index is 13.1. The fourth-order valence-corrected chi connectivity index (χ4v) is 3.43. The number of carbonyl (C=O) groups excluding carboxylic acids is 1. The van der Waals surface area contributed by atoms with E-state index >= 15 is 0 Å². The van der Waals surface area contributed by atoms with Crippen molar-refractivity contribution in [2.75, 3.05) is 11.4 Å². The second-order valence-electron chi connectivity index (χ2n) is 5.70. The Morgan fingerprint density at radius 1 is 1.19 bits per heavy atom. The first-order valence-electron chi connectivity index (χ1n) is 7.94. The summed E-state index contributed by atoms with van der Waals surface area (Å²) in [7, 11) is 0. The molecule has 0 unspecified atom stereocenters. The van der Waals surface area contributed by atoms with Gasteiger partial charge < -0.3 is 10.2 Å². The molecule has 0 bridgehead atoms. The summed E-state index contributed by atoms with van der Waals surface area (Å²) in [6.07, 6.45) is 0. The number of thiophene rings is 1. The zero-order valence-corrected chi connectivity index (χ0v) is 14.4. The molecule has 1 N–H and O–H groups in total. The number of hydrogen-bond acceptors (Lipinski definition) is 6. The molecule has 0 spiro atoms. The summed E-state index contributed by atoms with van der Waals surface area (Å²) in [5.41, 5.74) is -0.00389. The molecule has 0 atom stereocenters. The van der Waals surface area contributed by atoms with E-state index in [9.17, 15) is 14.0 Å². The highest BCUT2D eigenvalue weighted by Gasteiger charge is 2.27. The Morgan fingerprint density at radius 3 is 2.73 bits per heavy atom. The first-order chi connectivity index (χ1) is 12.6. The molecule has 3 aromatic rings. The number of anilines is 2. The number of halogens is 1. The first-order valence-corrected chi connectivity index (χ1v) is 8.82. The van der Waals surface area contributed by atoms with E-state index in [1.807, 2.05) is 17.5 Å². The van der Waals surface area contributed by atoms with Crippen molar-refractivity contribution < 1.29 is 9.18 Å². The number of benzene rings is 1. The number of nitrogens with one attached hydrogen (secondary N) is 1. The molecule has 1 aliphatic heterocycles. The Bertz CT molecular complexity index is 1000. The number of rotatable bonds is 4. The quantitative estimate of drug-likeness (QED) is 0.758. The normalized spacial score (nSPS) is 12.9. The SMILES string of the molecule is O=C(NCc1cccs1)c1nnc2n(c1=O)CCN2c1ccc(F)cc1. The molecule has 2 aromatic heterocycles. The maximum absolute atomic E-state index is 13.1. The van der Waals surface area contributed by atoms with Crippen LogP contribution >= 0.6 is 11.3 Å². The molecule has 0 aliphatic carbocycles. The van der Waals surface area contributed by atoms with Crippen molar-refractivity contribution >= 4 is 28.9 Å². The van der Waals surface area contributed by atoms with Crippen LogP contribution in [0.4, 0.5) is 16.0 Å². The van der Waals surface area contributed by atoms with Crippen molar-refractivity contribution in [3.8, 4) is 0 Å². The van der Waals surface area contributed by atoms with Crippen LogP contribution < -0.4 is 15.8 Å². The van der Waals surface area contributed by atoms with E-state index in [-0.39, 0.29) is 11.5 Å². The second-order valence-corrected chi connectivity index (χ2v) is 6.73. The Hall–Kier alpha value is -3.07. The van der Waals surface area contributed by atoms with E-state index in [4.69, 9.17) is 0 Å². The summed E-state index contributed by atoms with van der Waals surface area (Å²) < 4.78 is 14.5. The highest BCUT2D eigenvalue weighted by molar-refractivity contribution is 7.09. The van der Waals surface area contributed by atoms with Crippen LogP contribution in [0, 0.1) is 5.82 Å². The average molecular weight is 371 g/mol. The second kappa shape index (κ2) is 6.68. The van der Waals surface area contributed by atoms with Crippen LogP contribution in [-0.2, 0) is 13.1 Å². The summed E-state index contributed by atoms with van der Waals surface area (Å²) >= 11 is 1.52. The number of nitrogens with zero attached hydrogens (tertiary/aromatic N) is 4. The van der Waals surface area contributed by atoms with Gasteiger partial charge in [-0.25, -0.2) is 4.39 Å². The predicted octanol–water partition coefficient (Wildman–Crippen LogP) is 1.92. The Labute approximate surface area is 151 Å². The molecule has 26 heavy (non-hydrogen) atoms. The lowest BCUT2D eigenvalue weighted by molar-refractivity contribution is 0.0943. The molecule has 132 valence electrons. The van der Waals surface area contributed by atoms with Gasteiger partial charge in [-0.1, -0.05) is 6.07 Å². The fraction of sp³-hybridized carbons (Fsp3) is 0.176. The molecule has 9 heteroatoms. The molecule has 7 nitrogen and oxygen atoms in total. The average Bonchev–Trinajstić information content (AvgIpc) is 3.31. The number of fused-ring (bicyclic) bond motifs is 1. The summed E-state index contributed by atoms with van der Waals surface area (Å²) in [6, 6.07) is 9.69. The molecular formula is C17H14FN5O2S. The van der Waals surface area contributed by atoms with Gasteiger partial charge in [0, 0.05) is 23.7 Å². The Morgan fingerprint density at radius 2 is 2.00 bits per heavy atom. The molecule has 0 saturated carbocycles. The van der Waals surface area contributed by atoms with Crippen molar-refractivity contribution in [1.29, 1.82) is 0 Å². The van der Waals surface area contributed by atoms with Crippen LogP contribution in [0.2, 0.25) is 0 Å². The number of aromatic nitrogens is 3. The van der Waals surface area contributed by atoms with Gasteiger partial charge in [0.1, 0.15) is 5.82 Å². The Kier molecular flexibility index (Phi) is 4.21. The van der Waals surface area contributed by atoms with E-state index < -0.39 is 11.5 Å². The van der Waals surface area contributed by atoms with Gasteiger partial charge >= 0.3 is 0 Å². The molecule has 1 amide bonds. The van der Waals surface area contributed by atoms with Gasteiger partial charge in [0.2, 0.25) is 11.6 Å². The number of carbonyl (C=O) groups is 1. The maximum Gasteiger partial charge on any atom is 0.286 e. The number of amides is 1. The minimum absolute atomic E-state index is 0.230. The molecule has 0 saturated heterocycles. The van der Waals surface area contributed by atoms with Crippen molar-refractivity contribution in [2.45, 2.75) is 13.1 Å². The topological polar surface area (TPSA) is 80.1 Å². The smallest absolute Gasteiger partial charge is 0.286 e. The van der Waals surface area contributed by atoms with Gasteiger partial charge in [-0.3, -0.25) is 14.2 Å². The molecule has 3 heterocycles. The summed E-state index contributed by atoms with van der Waals surface area (Å²) in [4.78, 5) is 27.6. The zero-order valence-electron chi connectivity index (χ0n) is 13.6. The predicted molar refractivity (Wildman–Crippen MR) is 95.2 cm³/mol. The molecule has 4 rings (SSSR count). The summed E-state index contributed by atoms with van der Waals surface area (Å²) in [5.74, 6) is -0.544. The largest absolute Gasteiger partial charge is 0.346 e. The molecular weight excluding hydrogens is 357 g/mol. The van der Waals surface area contributed by atoms with Gasteiger partial charge in [-0.05, 0) is 35.7 Å². The lowest BCUT2D eigenvalue weighted by atomic mass is 10.3. The lowest BCUT2D eigenvalue weighted by Crippen LogP contribution is -2.34. The van der Waals surface area contributed by atoms with Crippen LogP contribution in [0.5, 0.6) is 0 Å². The highest BCUT2D eigenvalue weighted by atomic mass is 32.1. The van der Waals surface area contributed by atoms with Crippen LogP contribution in [-0.4, -0.2) is 27.2 Å². The van der Waals surface area contributed by atoms with E-state index in [0.29, 0.717) is 31.3 Å². The summed E-state index contributed by atoms with van der Waals surface area (Å²) in [6.45, 7) is 1.21. The third kappa shape index (κ3) is 2.97. The molecule has 1 aromatic carbocycles. The monoisotopic (exact) mass is 371 g/mol. The fourth-order valence-electron chi connectivity index (χ4n) is 2.78. The van der Waals surface area contributed by atoms with Crippen molar-refractivity contribution in [1.82, 2.24) is 20.1 Å². The highest BCUT2D eigenvalue weighted by Crippen LogP contribution is 2.26. The van der Waals surface area contributed by atoms with E-state index in [0.717, 1.165) is 4.88 Å². The van der Waals surface area contributed by atoms with Gasteiger partial charge in [-0.2, -0.15) is 0 Å². The van der Waals surface area contributed by atoms with Crippen LogP contribution in [0.15, 0.2) is 46.6 Å². The van der Waals surface area contributed by atoms with Gasteiger partial charge in [0.05, 0.1) is 6.54 Å². The molecule has 0 fully saturated rings. The summed E-state index contributed by atoms with van der Waals surface area (Å²) in [5, 5.41) is 12.5. The van der Waals surface area contributed by atoms with E-state index in [2.05, 4.69) is 15.5 Å². The molecule has 1 aliphatic rings. The van der Waals surface area contributed by atoms with Crippen LogP contribution in [0.3, 0.4) is 0 Å². The minimum atomic E-state index is -0.550. The van der Waals surface area contributed by atoms with Crippen molar-refractivity contribution in [2.24, 2.45) is 0 Å². The van der Waals surface area contributed by atoms with Gasteiger partial charge in [0.25, 0.3) is 11.5 Å². The van der Waals surface area contributed by atoms with E-state index in [1.165, 1.54) is 28.0 Å². The van der Waals surface area contributed by atoms with Gasteiger partial charge in [-0.15, -0.1) is 21.5 Å². The third-order valence-corrected chi connectivity index (χ3v) is 4.95. The molecule has 0 radical (unpaired) electrons. The van der Waals surface area contributed by atoms with Crippen LogP contribution in [0.25, 0.3) is 0 Å². The zero-order chi connectivity index (χ0) is 18.1.